The summed E-state index contributed by atoms with van der Waals surface area (Å²) in [6.45, 7) is 2.13. The predicted octanol–water partition coefficient (Wildman–Crippen LogP) is 8.28. The zero-order valence-electron chi connectivity index (χ0n) is 20.9. The van der Waals surface area contributed by atoms with Crippen LogP contribution < -0.4 is 0 Å². The Bertz CT molecular complexity index is 1880. The van der Waals surface area contributed by atoms with Crippen molar-refractivity contribution in [1.82, 2.24) is 19.5 Å². The Kier molecular flexibility index (Phi) is 5.30. The van der Waals surface area contributed by atoms with Crippen LogP contribution in [0.5, 0.6) is 0 Å². The minimum Gasteiger partial charge on any atom is -0.294 e. The molecule has 7 aromatic rings. The molecule has 0 saturated heterocycles. The first kappa shape index (κ1) is 22.1. The molecule has 0 saturated carbocycles. The third-order valence-electron chi connectivity index (χ3n) is 7.04. The van der Waals surface area contributed by atoms with Crippen molar-refractivity contribution in [3.05, 3.63) is 133 Å². The molecule has 0 spiro atoms. The molecule has 3 aromatic carbocycles. The number of hydrogen-bond donors (Lipinski definition) is 0. The first-order valence-corrected chi connectivity index (χ1v) is 12.7. The maximum absolute atomic E-state index is 4.71. The standard InChI is InChI=1S/C34H24N4/c1-23-9-18-33-30(20-23)29-8-5-19-35-34(29)38(33)28-14-10-25(11-15-28)27-13-17-32(37-22-27)31-16-12-26(21-36-31)24-6-3-2-4-7-24/h2-22H,1H3. The summed E-state index contributed by atoms with van der Waals surface area (Å²) in [4.78, 5) is 14.1. The highest BCUT2D eigenvalue weighted by atomic mass is 15.0. The molecule has 4 aromatic heterocycles. The van der Waals surface area contributed by atoms with Crippen LogP contribution in [0.3, 0.4) is 0 Å². The molecular formula is C34H24N4. The fraction of sp³-hybridized carbons (Fsp3) is 0.0294. The molecule has 4 heteroatoms. The zero-order valence-corrected chi connectivity index (χ0v) is 20.9. The SMILES string of the molecule is Cc1ccc2c(c1)c1cccnc1n2-c1ccc(-c2ccc(-c3ccc(-c4ccccc4)cn3)nc2)cc1. The highest BCUT2D eigenvalue weighted by Gasteiger charge is 2.13. The second-order valence-corrected chi connectivity index (χ2v) is 9.51. The van der Waals surface area contributed by atoms with E-state index in [1.54, 1.807) is 0 Å². The van der Waals surface area contributed by atoms with E-state index in [4.69, 9.17) is 9.97 Å². The third-order valence-corrected chi connectivity index (χ3v) is 7.04. The van der Waals surface area contributed by atoms with Gasteiger partial charge in [-0.2, -0.15) is 0 Å². The summed E-state index contributed by atoms with van der Waals surface area (Å²) in [6, 6.07) is 37.9. The van der Waals surface area contributed by atoms with Gasteiger partial charge >= 0.3 is 0 Å². The number of fused-ring (bicyclic) bond motifs is 3. The molecule has 0 unspecified atom stereocenters. The smallest absolute Gasteiger partial charge is 0.145 e. The number of hydrogen-bond acceptors (Lipinski definition) is 3. The number of benzene rings is 3. The van der Waals surface area contributed by atoms with Gasteiger partial charge in [0.15, 0.2) is 0 Å². The van der Waals surface area contributed by atoms with Crippen LogP contribution in [0.2, 0.25) is 0 Å². The maximum atomic E-state index is 4.71. The lowest BCUT2D eigenvalue weighted by molar-refractivity contribution is 1.13. The van der Waals surface area contributed by atoms with Gasteiger partial charge in [0, 0.05) is 46.2 Å². The van der Waals surface area contributed by atoms with Crippen LogP contribution in [0.15, 0.2) is 128 Å². The molecule has 0 fully saturated rings. The molecule has 0 N–H and O–H groups in total. The number of aromatic nitrogens is 4. The molecule has 4 nitrogen and oxygen atoms in total. The van der Waals surface area contributed by atoms with E-state index in [1.807, 2.05) is 55.0 Å². The number of aryl methyl sites for hydroxylation is 1. The van der Waals surface area contributed by atoms with Gasteiger partial charge in [0.2, 0.25) is 0 Å². The molecule has 4 heterocycles. The summed E-state index contributed by atoms with van der Waals surface area (Å²) in [5.74, 6) is 0. The molecule has 0 atom stereocenters. The topological polar surface area (TPSA) is 43.6 Å². The van der Waals surface area contributed by atoms with Gasteiger partial charge in [-0.25, -0.2) is 4.98 Å². The van der Waals surface area contributed by atoms with Gasteiger partial charge in [-0.05, 0) is 66.6 Å². The fourth-order valence-corrected chi connectivity index (χ4v) is 5.09. The van der Waals surface area contributed by atoms with Crippen molar-refractivity contribution in [2.45, 2.75) is 6.92 Å². The van der Waals surface area contributed by atoms with Gasteiger partial charge in [0.05, 0.1) is 16.9 Å². The van der Waals surface area contributed by atoms with Crippen LogP contribution >= 0.6 is 0 Å². The zero-order chi connectivity index (χ0) is 25.5. The molecule has 0 aliphatic carbocycles. The predicted molar refractivity (Wildman–Crippen MR) is 155 cm³/mol. The number of nitrogens with zero attached hydrogens (tertiary/aromatic N) is 4. The van der Waals surface area contributed by atoms with E-state index in [9.17, 15) is 0 Å². The second-order valence-electron chi connectivity index (χ2n) is 9.51. The minimum absolute atomic E-state index is 0.858. The monoisotopic (exact) mass is 488 g/mol. The summed E-state index contributed by atoms with van der Waals surface area (Å²) in [5.41, 5.74) is 10.6. The molecule has 0 aliphatic rings. The molecule has 0 amide bonds. The summed E-state index contributed by atoms with van der Waals surface area (Å²) < 4.78 is 2.24. The Hall–Kier alpha value is -5.09. The molecular weight excluding hydrogens is 464 g/mol. The highest BCUT2D eigenvalue weighted by molar-refractivity contribution is 6.08. The highest BCUT2D eigenvalue weighted by Crippen LogP contribution is 2.32. The molecule has 0 aliphatic heterocycles. The second kappa shape index (κ2) is 9.09. The summed E-state index contributed by atoms with van der Waals surface area (Å²) >= 11 is 0. The lowest BCUT2D eigenvalue weighted by atomic mass is 10.1. The Morgan fingerprint density at radius 1 is 0.526 bits per heavy atom. The molecule has 180 valence electrons. The normalized spacial score (nSPS) is 11.3. The van der Waals surface area contributed by atoms with Crippen LogP contribution in [0.25, 0.3) is 61.3 Å². The van der Waals surface area contributed by atoms with Crippen molar-refractivity contribution < 1.29 is 0 Å². The van der Waals surface area contributed by atoms with Crippen molar-refractivity contribution >= 4 is 21.9 Å². The first-order valence-electron chi connectivity index (χ1n) is 12.7. The van der Waals surface area contributed by atoms with Crippen molar-refractivity contribution in [2.24, 2.45) is 0 Å². The van der Waals surface area contributed by atoms with Crippen LogP contribution in [0, 0.1) is 6.92 Å². The molecule has 0 radical (unpaired) electrons. The van der Waals surface area contributed by atoms with Gasteiger partial charge in [0.1, 0.15) is 5.65 Å². The largest absolute Gasteiger partial charge is 0.294 e. The Labute approximate surface area is 220 Å². The van der Waals surface area contributed by atoms with E-state index in [0.29, 0.717) is 0 Å². The minimum atomic E-state index is 0.858. The number of rotatable bonds is 4. The van der Waals surface area contributed by atoms with Gasteiger partial charge in [-0.15, -0.1) is 0 Å². The first-order chi connectivity index (χ1) is 18.7. The van der Waals surface area contributed by atoms with Gasteiger partial charge in [0.25, 0.3) is 0 Å². The van der Waals surface area contributed by atoms with Gasteiger partial charge < -0.3 is 0 Å². The molecule has 7 rings (SSSR count). The molecule has 38 heavy (non-hydrogen) atoms. The molecule has 0 bridgehead atoms. The Morgan fingerprint density at radius 3 is 1.84 bits per heavy atom. The van der Waals surface area contributed by atoms with E-state index in [0.717, 1.165) is 50.5 Å². The average Bonchev–Trinajstić information content (AvgIpc) is 3.31. The van der Waals surface area contributed by atoms with Crippen LogP contribution in [-0.2, 0) is 0 Å². The van der Waals surface area contributed by atoms with Crippen molar-refractivity contribution in [3.8, 4) is 39.3 Å². The van der Waals surface area contributed by atoms with E-state index >= 15 is 0 Å². The lowest BCUT2D eigenvalue weighted by Gasteiger charge is -2.09. The van der Waals surface area contributed by atoms with Gasteiger partial charge in [-0.1, -0.05) is 66.2 Å². The third kappa shape index (κ3) is 3.84. The number of pyridine rings is 3. The quantitative estimate of drug-likeness (QED) is 0.250. The van der Waals surface area contributed by atoms with E-state index in [2.05, 4.69) is 89.3 Å². The van der Waals surface area contributed by atoms with Crippen molar-refractivity contribution in [1.29, 1.82) is 0 Å². The van der Waals surface area contributed by atoms with Crippen LogP contribution in [0.4, 0.5) is 0 Å². The van der Waals surface area contributed by atoms with E-state index in [1.165, 1.54) is 16.3 Å². The fourth-order valence-electron chi connectivity index (χ4n) is 5.09. The van der Waals surface area contributed by atoms with Gasteiger partial charge in [-0.3, -0.25) is 14.5 Å². The Balaban J connectivity index is 1.18. The van der Waals surface area contributed by atoms with Crippen LogP contribution in [0.1, 0.15) is 5.56 Å². The summed E-state index contributed by atoms with van der Waals surface area (Å²) in [5, 5.41) is 2.39. The summed E-state index contributed by atoms with van der Waals surface area (Å²) in [7, 11) is 0. The van der Waals surface area contributed by atoms with Crippen molar-refractivity contribution in [2.75, 3.05) is 0 Å². The summed E-state index contributed by atoms with van der Waals surface area (Å²) in [6.07, 6.45) is 5.68. The van der Waals surface area contributed by atoms with Crippen LogP contribution in [-0.4, -0.2) is 19.5 Å². The lowest BCUT2D eigenvalue weighted by Crippen LogP contribution is -1.95. The van der Waals surface area contributed by atoms with E-state index in [-0.39, 0.29) is 0 Å². The van der Waals surface area contributed by atoms with E-state index < -0.39 is 0 Å². The Morgan fingerprint density at radius 2 is 1.18 bits per heavy atom. The average molecular weight is 489 g/mol. The maximum Gasteiger partial charge on any atom is 0.145 e. The van der Waals surface area contributed by atoms with Crippen molar-refractivity contribution in [3.63, 3.8) is 0 Å².